The van der Waals surface area contributed by atoms with Crippen molar-refractivity contribution in [1.82, 2.24) is 63.0 Å². The molecule has 18 atom stereocenters. The molecule has 34 heteroatoms. The molecule has 0 aliphatic carbocycles. The molecule has 3 rings (SSSR count). The van der Waals surface area contributed by atoms with Crippen molar-refractivity contribution in [2.24, 2.45) is 35.1 Å². The van der Waals surface area contributed by atoms with Crippen LogP contribution in [0.25, 0.3) is 0 Å². The van der Waals surface area contributed by atoms with Crippen molar-refractivity contribution in [3.8, 4) is 0 Å². The number of likely N-dealkylation sites (N-methyl/N-ethyl adjacent to an activating group) is 1. The maximum absolute atomic E-state index is 14.8. The summed E-state index contributed by atoms with van der Waals surface area (Å²) in [6.07, 6.45) is -8.22. The standard InChI is InChI=1S/C69H114N14O20/c1-13-15-16-17-21-24-41-31-49(89)77-50(35(5)6)63(97)80-53(56(90)36(7)8)65(99)73-43(27-28-84)59(93)75-45(29-34(3)4)60(94)74-44(25-26-48(70)88)68(102)82(12)55(37(9)14-2)67(101)81-54(57(91)58(71)92)66(100)79-52(39(11)86)69(103)83-33-42(87)32-47(83)62(96)76-46(30-40-22-19-18-20-23-40)61(95)78-51(38(10)85)64(98)72-41/h18-20,22-23,34-39,41-47,50-57,84-87,90-91H,13-17,21,24-33H2,1-12H3,(H2,70,88)(H2,71,92)(H,72,98)(H,73,99)(H,74,94)(H,75,93)(H,76,96)(H,77,89)(H,78,95)(H,79,100)(H,80,97)(H,81,101)/t37-,38+,39+,41?,42+,43-,44-,45+,46+,47-,50-,51-,52+,53?,54?,55-,56?,57?/m0/s1. The van der Waals surface area contributed by atoms with E-state index in [-0.39, 0.29) is 25.7 Å². The number of fused-ring (bicyclic) bond motifs is 1. The Labute approximate surface area is 601 Å². The van der Waals surface area contributed by atoms with Crippen LogP contribution in [0.4, 0.5) is 0 Å². The van der Waals surface area contributed by atoms with Gasteiger partial charge < -0.3 is 105 Å². The number of nitrogens with zero attached hydrogens (tertiary/aromatic N) is 2. The average molecular weight is 1460 g/mol. The zero-order chi connectivity index (χ0) is 77.9. The van der Waals surface area contributed by atoms with Crippen LogP contribution >= 0.6 is 0 Å². The number of aliphatic hydroxyl groups is 6. The monoisotopic (exact) mass is 1460 g/mol. The highest BCUT2D eigenvalue weighted by Gasteiger charge is 2.47. The molecule has 20 N–H and O–H groups in total. The maximum Gasteiger partial charge on any atom is 0.248 e. The van der Waals surface area contributed by atoms with Gasteiger partial charge in [-0.1, -0.05) is 131 Å². The van der Waals surface area contributed by atoms with Gasteiger partial charge in [-0.25, -0.2) is 0 Å². The van der Waals surface area contributed by atoms with Crippen molar-refractivity contribution < 1.29 is 97.8 Å². The van der Waals surface area contributed by atoms with Crippen molar-refractivity contribution in [3.63, 3.8) is 0 Å². The molecule has 1 aromatic rings. The molecule has 1 aromatic carbocycles. The van der Waals surface area contributed by atoms with Crippen molar-refractivity contribution >= 4 is 82.7 Å². The predicted octanol–water partition coefficient (Wildman–Crippen LogP) is -4.35. The summed E-state index contributed by atoms with van der Waals surface area (Å²) in [7, 11) is 1.12. The molecule has 2 aliphatic heterocycles. The van der Waals surface area contributed by atoms with Gasteiger partial charge in [0.2, 0.25) is 82.7 Å². The third kappa shape index (κ3) is 27.6. The number of hydrogen-bond donors (Lipinski definition) is 18. The molecule has 0 saturated carbocycles. The van der Waals surface area contributed by atoms with Crippen LogP contribution in [0.1, 0.15) is 165 Å². The molecule has 2 heterocycles. The fourth-order valence-corrected chi connectivity index (χ4v) is 12.1. The third-order valence-electron chi connectivity index (χ3n) is 18.3. The van der Waals surface area contributed by atoms with Crippen LogP contribution in [-0.2, 0) is 73.5 Å². The Morgan fingerprint density at radius 2 is 1.08 bits per heavy atom. The Hall–Kier alpha value is -8.44. The van der Waals surface area contributed by atoms with Gasteiger partial charge in [0.15, 0.2) is 6.10 Å². The van der Waals surface area contributed by atoms with Crippen LogP contribution in [0, 0.1) is 23.7 Å². The summed E-state index contributed by atoms with van der Waals surface area (Å²) in [5.41, 5.74) is 11.5. The zero-order valence-corrected chi connectivity index (χ0v) is 61.3. The van der Waals surface area contributed by atoms with Crippen LogP contribution in [0.3, 0.4) is 0 Å². The lowest BCUT2D eigenvalue weighted by atomic mass is 9.95. The lowest BCUT2D eigenvalue weighted by Crippen LogP contribution is -2.65. The van der Waals surface area contributed by atoms with Gasteiger partial charge in [-0.15, -0.1) is 0 Å². The second-order valence-electron chi connectivity index (χ2n) is 28.2. The number of hydrogen-bond acceptors (Lipinski definition) is 20. The molecule has 0 spiro atoms. The number of carbonyl (C=O) groups is 14. The number of rotatable bonds is 24. The van der Waals surface area contributed by atoms with Gasteiger partial charge in [0.1, 0.15) is 66.5 Å². The normalized spacial score (nSPS) is 27.4. The van der Waals surface area contributed by atoms with Gasteiger partial charge in [0.05, 0.1) is 24.4 Å². The summed E-state index contributed by atoms with van der Waals surface area (Å²) in [6, 6.07) is -12.4. The van der Waals surface area contributed by atoms with Gasteiger partial charge in [-0.05, 0) is 68.8 Å². The number of benzene rings is 1. The number of primary amides is 2. The highest BCUT2D eigenvalue weighted by molar-refractivity contribution is 6.01. The van der Waals surface area contributed by atoms with Crippen LogP contribution in [0.2, 0.25) is 0 Å². The molecule has 2 saturated heterocycles. The number of nitrogens with two attached hydrogens (primary N) is 2. The maximum atomic E-state index is 14.8. The summed E-state index contributed by atoms with van der Waals surface area (Å²) in [5, 5.41) is 91.5. The third-order valence-corrected chi connectivity index (χ3v) is 18.3. The van der Waals surface area contributed by atoms with E-state index in [4.69, 9.17) is 11.5 Å². The smallest absolute Gasteiger partial charge is 0.248 e. The summed E-state index contributed by atoms with van der Waals surface area (Å²) in [6.45, 7) is 15.6. The minimum Gasteiger partial charge on any atom is -0.396 e. The quantitative estimate of drug-likeness (QED) is 0.0435. The number of carbonyl (C=O) groups excluding carboxylic acids is 14. The van der Waals surface area contributed by atoms with E-state index in [0.29, 0.717) is 18.4 Å². The van der Waals surface area contributed by atoms with Crippen molar-refractivity contribution in [2.45, 2.75) is 269 Å². The number of amides is 14. The van der Waals surface area contributed by atoms with E-state index in [2.05, 4.69) is 53.2 Å². The first kappa shape index (κ1) is 88.8. The van der Waals surface area contributed by atoms with E-state index in [1.54, 1.807) is 65.0 Å². The molecular weight excluding hydrogens is 1340 g/mol. The van der Waals surface area contributed by atoms with E-state index in [0.717, 1.165) is 43.0 Å². The summed E-state index contributed by atoms with van der Waals surface area (Å²) in [4.78, 5) is 201. The molecular formula is C69H114N14O20. The largest absolute Gasteiger partial charge is 0.396 e. The van der Waals surface area contributed by atoms with Gasteiger partial charge in [0.25, 0.3) is 0 Å². The van der Waals surface area contributed by atoms with E-state index in [9.17, 15) is 97.8 Å². The Bertz CT molecular complexity index is 3050. The fourth-order valence-electron chi connectivity index (χ4n) is 12.1. The fraction of sp³-hybridized carbons (Fsp3) is 0.710. The Kier molecular flexibility index (Phi) is 37.0. The number of nitrogens with one attached hydrogen (secondary N) is 10. The van der Waals surface area contributed by atoms with E-state index < -0.39 is 255 Å². The molecule has 34 nitrogen and oxygen atoms in total. The van der Waals surface area contributed by atoms with Crippen LogP contribution in [-0.4, -0.2) is 246 Å². The Balaban J connectivity index is 2.35. The van der Waals surface area contributed by atoms with Crippen molar-refractivity contribution in [3.05, 3.63) is 35.9 Å². The lowest BCUT2D eigenvalue weighted by Gasteiger charge is -2.36. The second-order valence-corrected chi connectivity index (χ2v) is 28.2. The first-order valence-electron chi connectivity index (χ1n) is 35.5. The Morgan fingerprint density at radius 3 is 1.63 bits per heavy atom. The lowest BCUT2D eigenvalue weighted by molar-refractivity contribution is -0.148. The zero-order valence-electron chi connectivity index (χ0n) is 61.3. The highest BCUT2D eigenvalue weighted by Crippen LogP contribution is 2.23. The molecule has 580 valence electrons. The topological polar surface area (TPSA) is 539 Å². The average Bonchev–Trinajstić information content (AvgIpc) is 1.75. The first-order valence-corrected chi connectivity index (χ1v) is 35.5. The van der Waals surface area contributed by atoms with Crippen LogP contribution < -0.4 is 64.6 Å². The minimum atomic E-state index is -2.60. The van der Waals surface area contributed by atoms with Gasteiger partial charge in [-0.2, -0.15) is 0 Å². The summed E-state index contributed by atoms with van der Waals surface area (Å²) < 4.78 is 0. The van der Waals surface area contributed by atoms with Crippen molar-refractivity contribution in [2.75, 3.05) is 20.2 Å². The molecule has 14 amide bonds. The van der Waals surface area contributed by atoms with E-state index in [1.165, 1.54) is 27.7 Å². The molecule has 5 unspecified atom stereocenters. The molecule has 0 aromatic heterocycles. The van der Waals surface area contributed by atoms with Gasteiger partial charge >= 0.3 is 0 Å². The highest BCUT2D eigenvalue weighted by atomic mass is 16.3. The second kappa shape index (κ2) is 43.0. The Morgan fingerprint density at radius 1 is 0.553 bits per heavy atom. The summed E-state index contributed by atoms with van der Waals surface area (Å²) >= 11 is 0. The number of aliphatic hydroxyl groups excluding tert-OH is 6. The molecule has 0 bridgehead atoms. The van der Waals surface area contributed by atoms with Crippen LogP contribution in [0.5, 0.6) is 0 Å². The SMILES string of the molecule is CCCCCCCC1CC(=O)N[C@@H](C(C)C)C(=O)NC(C(O)C(C)C)C(=O)N[C@@H](CCO)C(=O)N[C@H](CC(C)C)C(=O)N[C@@H](CCC(N)=O)C(=O)N(C)[C@@H]([C@@H](C)CC)C(=O)NC(C(O)C(N)=O)C(=O)N[C@H]([C@@H](C)O)C(=O)N2C[C@H](O)C[C@H]2C(=O)N[C@H](Cc2ccccc2)C(=O)N[C@@H]([C@@H](C)O)C(=O)N1. The molecule has 2 aliphatic rings. The summed E-state index contributed by atoms with van der Waals surface area (Å²) in [5.74, 6) is -18.4. The number of unbranched alkanes of at least 4 members (excludes halogenated alkanes) is 4. The molecule has 2 fully saturated rings. The molecule has 0 radical (unpaired) electrons. The van der Waals surface area contributed by atoms with E-state index in [1.807, 2.05) is 6.92 Å². The minimum absolute atomic E-state index is 0.101. The molecule has 103 heavy (non-hydrogen) atoms. The first-order chi connectivity index (χ1) is 48.3. The van der Waals surface area contributed by atoms with E-state index >= 15 is 0 Å². The van der Waals surface area contributed by atoms with Crippen molar-refractivity contribution in [1.29, 1.82) is 0 Å². The van der Waals surface area contributed by atoms with Crippen LogP contribution in [0.15, 0.2) is 30.3 Å². The predicted molar refractivity (Wildman–Crippen MR) is 373 cm³/mol. The van der Waals surface area contributed by atoms with Gasteiger partial charge in [-0.3, -0.25) is 67.1 Å². The van der Waals surface area contributed by atoms with Gasteiger partial charge in [0, 0.05) is 51.9 Å².